The van der Waals surface area contributed by atoms with Crippen LogP contribution in [0.4, 0.5) is 8.78 Å². The minimum atomic E-state index is -2.57. The summed E-state index contributed by atoms with van der Waals surface area (Å²) in [6, 6.07) is 5.98. The van der Waals surface area contributed by atoms with Crippen LogP contribution in [0.1, 0.15) is 11.1 Å². The maximum atomic E-state index is 12.7. The lowest BCUT2D eigenvalue weighted by Gasteiger charge is -2.21. The number of thioether (sulfide) groups is 1. The molecule has 0 aliphatic rings. The third-order valence-electron chi connectivity index (χ3n) is 4.04. The smallest absolute Gasteiger partial charge is 0.255 e. The van der Waals surface area contributed by atoms with Gasteiger partial charge in [0.05, 0.1) is 24.6 Å². The number of rotatable bonds is 9. The van der Waals surface area contributed by atoms with Crippen LogP contribution in [-0.4, -0.2) is 59.3 Å². The van der Waals surface area contributed by atoms with E-state index >= 15 is 0 Å². The molecule has 0 N–H and O–H groups in total. The average Bonchev–Trinajstić information content (AvgIpc) is 3.06. The molecule has 1 amide bonds. The van der Waals surface area contributed by atoms with E-state index in [1.165, 1.54) is 18.9 Å². The van der Waals surface area contributed by atoms with Crippen molar-refractivity contribution in [1.82, 2.24) is 14.5 Å². The number of methoxy groups -OCH3 is 1. The number of alkyl halides is 2. The lowest BCUT2D eigenvalue weighted by Crippen LogP contribution is -2.38. The molecule has 0 saturated carbocycles. The van der Waals surface area contributed by atoms with Gasteiger partial charge in [0.1, 0.15) is 0 Å². The maximum Gasteiger partial charge on any atom is 0.255 e. The van der Waals surface area contributed by atoms with Crippen LogP contribution in [0.15, 0.2) is 35.7 Å². The lowest BCUT2D eigenvalue weighted by atomic mass is 10.1. The van der Waals surface area contributed by atoms with Crippen LogP contribution >= 0.6 is 11.8 Å². The Morgan fingerprint density at radius 3 is 2.85 bits per heavy atom. The minimum Gasteiger partial charge on any atom is -0.383 e. The Morgan fingerprint density at radius 1 is 1.38 bits per heavy atom. The van der Waals surface area contributed by atoms with Crippen molar-refractivity contribution in [2.45, 2.75) is 25.4 Å². The molecular formula is C18H23F2N3O2S. The van der Waals surface area contributed by atoms with Crippen LogP contribution in [0.3, 0.4) is 0 Å². The highest BCUT2D eigenvalue weighted by molar-refractivity contribution is 7.99. The molecule has 0 unspecified atom stereocenters. The summed E-state index contributed by atoms with van der Waals surface area (Å²) >= 11 is 1.24. The van der Waals surface area contributed by atoms with Crippen molar-refractivity contribution in [3.63, 3.8) is 0 Å². The Hall–Kier alpha value is -1.93. The first-order valence-corrected chi connectivity index (χ1v) is 9.20. The molecule has 0 spiro atoms. The molecule has 26 heavy (non-hydrogen) atoms. The summed E-state index contributed by atoms with van der Waals surface area (Å²) in [6.45, 7) is 3.84. The normalized spacial score (nSPS) is 11.2. The van der Waals surface area contributed by atoms with Gasteiger partial charge in [-0.3, -0.25) is 9.36 Å². The van der Waals surface area contributed by atoms with Crippen molar-refractivity contribution in [2.75, 3.05) is 32.6 Å². The average molecular weight is 383 g/mol. The predicted octanol–water partition coefficient (Wildman–Crippen LogP) is 3.32. The highest BCUT2D eigenvalue weighted by atomic mass is 32.2. The Bertz CT molecular complexity index is 737. The zero-order valence-corrected chi connectivity index (χ0v) is 15.9. The summed E-state index contributed by atoms with van der Waals surface area (Å²) in [6.07, 6.45) is 0.921. The van der Waals surface area contributed by atoms with Gasteiger partial charge >= 0.3 is 0 Å². The molecule has 1 aromatic carbocycles. The molecule has 1 heterocycles. The first kappa shape index (κ1) is 20.4. The third kappa shape index (κ3) is 5.28. The van der Waals surface area contributed by atoms with Crippen molar-refractivity contribution in [2.24, 2.45) is 0 Å². The highest BCUT2D eigenvalue weighted by Crippen LogP contribution is 2.24. The van der Waals surface area contributed by atoms with Gasteiger partial charge in [0.25, 0.3) is 6.43 Å². The largest absolute Gasteiger partial charge is 0.383 e. The number of hydrogen-bond acceptors (Lipinski definition) is 4. The topological polar surface area (TPSA) is 47.4 Å². The lowest BCUT2D eigenvalue weighted by molar-refractivity contribution is -0.130. The second kappa shape index (κ2) is 9.68. The number of amides is 1. The van der Waals surface area contributed by atoms with E-state index < -0.39 is 13.0 Å². The summed E-state index contributed by atoms with van der Waals surface area (Å²) in [4.78, 5) is 17.8. The Balaban J connectivity index is 2.09. The Morgan fingerprint density at radius 2 is 2.15 bits per heavy atom. The van der Waals surface area contributed by atoms with Gasteiger partial charge < -0.3 is 9.64 Å². The number of nitrogens with zero attached hydrogens (tertiary/aromatic N) is 3. The van der Waals surface area contributed by atoms with Crippen molar-refractivity contribution in [3.8, 4) is 5.69 Å². The van der Waals surface area contributed by atoms with E-state index in [9.17, 15) is 13.6 Å². The molecule has 0 saturated heterocycles. The molecule has 0 fully saturated rings. The van der Waals surface area contributed by atoms with Crippen LogP contribution in [0.2, 0.25) is 0 Å². The minimum absolute atomic E-state index is 0.0400. The van der Waals surface area contributed by atoms with E-state index in [4.69, 9.17) is 4.74 Å². The van der Waals surface area contributed by atoms with Crippen molar-refractivity contribution >= 4 is 17.7 Å². The highest BCUT2D eigenvalue weighted by Gasteiger charge is 2.19. The van der Waals surface area contributed by atoms with Crippen LogP contribution in [0.5, 0.6) is 0 Å². The fraction of sp³-hybridized carbons (Fsp3) is 0.444. The molecular weight excluding hydrogens is 360 g/mol. The van der Waals surface area contributed by atoms with Gasteiger partial charge in [0.15, 0.2) is 5.16 Å². The zero-order chi connectivity index (χ0) is 19.1. The van der Waals surface area contributed by atoms with Crippen molar-refractivity contribution in [1.29, 1.82) is 0 Å². The van der Waals surface area contributed by atoms with Gasteiger partial charge in [-0.1, -0.05) is 23.9 Å². The summed E-state index contributed by atoms with van der Waals surface area (Å²) in [5.41, 5.74) is 3.27. The van der Waals surface area contributed by atoms with Crippen molar-refractivity contribution < 1.29 is 18.3 Å². The predicted molar refractivity (Wildman–Crippen MR) is 98.2 cm³/mol. The Labute approximate surface area is 156 Å². The van der Waals surface area contributed by atoms with E-state index in [1.807, 2.05) is 42.8 Å². The van der Waals surface area contributed by atoms with Crippen molar-refractivity contribution in [3.05, 3.63) is 41.7 Å². The number of carbonyl (C=O) groups is 1. The number of hydrogen-bond donors (Lipinski definition) is 0. The van der Waals surface area contributed by atoms with Crippen LogP contribution in [0, 0.1) is 13.8 Å². The second-order valence-corrected chi connectivity index (χ2v) is 6.75. The molecule has 0 bridgehead atoms. The van der Waals surface area contributed by atoms with Crippen LogP contribution < -0.4 is 0 Å². The van der Waals surface area contributed by atoms with Gasteiger partial charge in [0.2, 0.25) is 5.91 Å². The van der Waals surface area contributed by atoms with E-state index in [2.05, 4.69) is 4.98 Å². The summed E-state index contributed by atoms with van der Waals surface area (Å²) < 4.78 is 32.2. The fourth-order valence-electron chi connectivity index (χ4n) is 2.48. The van der Waals surface area contributed by atoms with Gasteiger partial charge in [-0.2, -0.15) is 0 Å². The number of aryl methyl sites for hydroxylation is 1. The van der Waals surface area contributed by atoms with Gasteiger partial charge in [-0.15, -0.1) is 0 Å². The van der Waals surface area contributed by atoms with Gasteiger partial charge in [-0.25, -0.2) is 13.8 Å². The third-order valence-corrected chi connectivity index (χ3v) is 5.00. The molecule has 0 radical (unpaired) electrons. The summed E-state index contributed by atoms with van der Waals surface area (Å²) in [5, 5.41) is 0.649. The molecule has 5 nitrogen and oxygen atoms in total. The Kier molecular flexibility index (Phi) is 7.59. The van der Waals surface area contributed by atoms with E-state index in [0.29, 0.717) is 5.16 Å². The second-order valence-electron chi connectivity index (χ2n) is 5.81. The zero-order valence-electron chi connectivity index (χ0n) is 15.1. The molecule has 1 aromatic heterocycles. The fourth-order valence-corrected chi connectivity index (χ4v) is 3.35. The molecule has 0 aliphatic carbocycles. The molecule has 0 aliphatic heterocycles. The molecule has 0 atom stereocenters. The maximum absolute atomic E-state index is 12.7. The first-order chi connectivity index (χ1) is 12.4. The van der Waals surface area contributed by atoms with Gasteiger partial charge in [0, 0.05) is 26.0 Å². The first-order valence-electron chi connectivity index (χ1n) is 8.21. The molecule has 2 aromatic rings. The monoisotopic (exact) mass is 383 g/mol. The number of halogens is 2. The standard InChI is InChI=1S/C18H23F2N3O2S/c1-13-5-4-6-15(14(13)2)23-8-7-21-18(23)26-12-17(24)22(9-10-25-3)11-16(19)20/h4-8,16H,9-12H2,1-3H3. The van der Waals surface area contributed by atoms with Crippen LogP contribution in [-0.2, 0) is 9.53 Å². The summed E-state index contributed by atoms with van der Waals surface area (Å²) in [7, 11) is 1.47. The quantitative estimate of drug-likeness (QED) is 0.623. The van der Waals surface area contributed by atoms with Crippen LogP contribution in [0.25, 0.3) is 5.69 Å². The van der Waals surface area contributed by atoms with E-state index in [-0.39, 0.29) is 24.8 Å². The molecule has 8 heteroatoms. The number of aromatic nitrogens is 2. The molecule has 2 rings (SSSR count). The summed E-state index contributed by atoms with van der Waals surface area (Å²) in [5.74, 6) is -0.318. The SMILES string of the molecule is COCCN(CC(F)F)C(=O)CSc1nccn1-c1cccc(C)c1C. The molecule has 142 valence electrons. The van der Waals surface area contributed by atoms with Gasteiger partial charge in [-0.05, 0) is 31.0 Å². The van der Waals surface area contributed by atoms with E-state index in [0.717, 1.165) is 21.7 Å². The number of imidazole rings is 1. The number of ether oxygens (including phenoxy) is 1. The van der Waals surface area contributed by atoms with E-state index in [1.54, 1.807) is 6.20 Å². The number of carbonyl (C=O) groups excluding carboxylic acids is 1. The number of benzene rings is 1.